The Hall–Kier alpha value is -2.08. The van der Waals surface area contributed by atoms with Crippen LogP contribution in [-0.4, -0.2) is 29.0 Å². The maximum absolute atomic E-state index is 12.9. The predicted octanol–water partition coefficient (Wildman–Crippen LogP) is 4.64. The molecule has 1 aliphatic rings. The number of H-pyrrole nitrogens is 1. The SMILES string of the molecule is CC(CC(=O)NC(c1ccccc1)c1ccc2nc[nH]c2c1)C1CCCNC1.Cl.Cl. The van der Waals surface area contributed by atoms with Crippen LogP contribution in [-0.2, 0) is 4.79 Å². The third-order valence-corrected chi connectivity index (χ3v) is 5.86. The predicted molar refractivity (Wildman–Crippen MR) is 126 cm³/mol. The number of hydrogen-bond donors (Lipinski definition) is 3. The van der Waals surface area contributed by atoms with Crippen molar-refractivity contribution in [2.24, 2.45) is 11.8 Å². The van der Waals surface area contributed by atoms with Crippen molar-refractivity contribution in [3.05, 3.63) is 66.0 Å². The lowest BCUT2D eigenvalue weighted by atomic mass is 9.85. The van der Waals surface area contributed by atoms with E-state index in [0.717, 1.165) is 35.2 Å². The maximum Gasteiger partial charge on any atom is 0.221 e. The third kappa shape index (κ3) is 5.75. The highest BCUT2D eigenvalue weighted by Gasteiger charge is 2.24. The minimum Gasteiger partial charge on any atom is -0.345 e. The first-order valence-electron chi connectivity index (χ1n) is 10.2. The summed E-state index contributed by atoms with van der Waals surface area (Å²) in [6.07, 6.45) is 4.67. The van der Waals surface area contributed by atoms with Gasteiger partial charge in [0, 0.05) is 6.42 Å². The molecule has 1 amide bonds. The van der Waals surface area contributed by atoms with Crippen LogP contribution in [0.15, 0.2) is 54.9 Å². The van der Waals surface area contributed by atoms with Crippen molar-refractivity contribution in [1.29, 1.82) is 0 Å². The van der Waals surface area contributed by atoms with Crippen LogP contribution in [0.3, 0.4) is 0 Å². The van der Waals surface area contributed by atoms with Gasteiger partial charge in [-0.2, -0.15) is 0 Å². The molecule has 3 N–H and O–H groups in total. The highest BCUT2D eigenvalue weighted by molar-refractivity contribution is 5.85. The number of piperidine rings is 1. The van der Waals surface area contributed by atoms with Gasteiger partial charge in [0.2, 0.25) is 5.91 Å². The summed E-state index contributed by atoms with van der Waals surface area (Å²) in [5.41, 5.74) is 4.06. The topological polar surface area (TPSA) is 69.8 Å². The minimum absolute atomic E-state index is 0. The quantitative estimate of drug-likeness (QED) is 0.514. The number of aromatic amines is 1. The number of amides is 1. The number of fused-ring (bicyclic) bond motifs is 1. The van der Waals surface area contributed by atoms with E-state index in [9.17, 15) is 4.79 Å². The molecule has 0 aliphatic carbocycles. The summed E-state index contributed by atoms with van der Waals surface area (Å²) in [6, 6.07) is 16.1. The Bertz CT molecular complexity index is 925. The van der Waals surface area contributed by atoms with Gasteiger partial charge in [0.15, 0.2) is 0 Å². The zero-order valence-corrected chi connectivity index (χ0v) is 18.8. The lowest BCUT2D eigenvalue weighted by molar-refractivity contribution is -0.122. The summed E-state index contributed by atoms with van der Waals surface area (Å²) in [6.45, 7) is 4.32. The normalized spacial score (nSPS) is 18.0. The molecule has 1 aromatic heterocycles. The minimum atomic E-state index is -0.168. The molecule has 4 rings (SSSR count). The molecule has 2 aromatic carbocycles. The van der Waals surface area contributed by atoms with Gasteiger partial charge in [-0.15, -0.1) is 24.8 Å². The van der Waals surface area contributed by atoms with Gasteiger partial charge in [-0.1, -0.05) is 43.3 Å². The number of aromatic nitrogens is 2. The third-order valence-electron chi connectivity index (χ3n) is 5.86. The largest absolute Gasteiger partial charge is 0.345 e. The van der Waals surface area contributed by atoms with Gasteiger partial charge in [-0.25, -0.2) is 4.98 Å². The Morgan fingerprint density at radius 2 is 1.97 bits per heavy atom. The van der Waals surface area contributed by atoms with Crippen molar-refractivity contribution in [3.63, 3.8) is 0 Å². The monoisotopic (exact) mass is 448 g/mol. The van der Waals surface area contributed by atoms with E-state index in [0.29, 0.717) is 18.3 Å². The van der Waals surface area contributed by atoms with Gasteiger partial charge in [0.1, 0.15) is 0 Å². The van der Waals surface area contributed by atoms with Gasteiger partial charge < -0.3 is 15.6 Å². The second kappa shape index (κ2) is 11.3. The van der Waals surface area contributed by atoms with E-state index in [2.05, 4.69) is 51.8 Å². The first-order chi connectivity index (χ1) is 13.7. The molecule has 1 fully saturated rings. The molecular weight excluding hydrogens is 419 g/mol. The van der Waals surface area contributed by atoms with E-state index in [4.69, 9.17) is 0 Å². The van der Waals surface area contributed by atoms with E-state index < -0.39 is 0 Å². The number of rotatable bonds is 6. The number of halogens is 2. The van der Waals surface area contributed by atoms with Crippen molar-refractivity contribution in [3.8, 4) is 0 Å². The number of carbonyl (C=O) groups is 1. The molecule has 3 atom stereocenters. The lowest BCUT2D eigenvalue weighted by Crippen LogP contribution is -2.36. The molecular formula is C23H30Cl2N4O. The molecule has 7 heteroatoms. The molecule has 5 nitrogen and oxygen atoms in total. The Balaban J connectivity index is 0.00000160. The Labute approximate surface area is 190 Å². The van der Waals surface area contributed by atoms with Crippen molar-refractivity contribution in [1.82, 2.24) is 20.6 Å². The fraction of sp³-hybridized carbons (Fsp3) is 0.391. The van der Waals surface area contributed by atoms with Crippen LogP contribution < -0.4 is 10.6 Å². The van der Waals surface area contributed by atoms with E-state index in [-0.39, 0.29) is 36.8 Å². The van der Waals surface area contributed by atoms with E-state index in [1.807, 2.05) is 24.3 Å². The number of nitrogens with zero attached hydrogens (tertiary/aromatic N) is 1. The van der Waals surface area contributed by atoms with Gasteiger partial charge >= 0.3 is 0 Å². The molecule has 162 valence electrons. The van der Waals surface area contributed by atoms with Crippen molar-refractivity contribution in [2.45, 2.75) is 32.2 Å². The molecule has 0 radical (unpaired) electrons. The van der Waals surface area contributed by atoms with Crippen LogP contribution in [0.4, 0.5) is 0 Å². The second-order valence-corrected chi connectivity index (χ2v) is 7.88. The van der Waals surface area contributed by atoms with E-state index >= 15 is 0 Å². The van der Waals surface area contributed by atoms with Gasteiger partial charge in [0.25, 0.3) is 0 Å². The summed E-state index contributed by atoms with van der Waals surface area (Å²) in [5, 5.41) is 6.74. The zero-order chi connectivity index (χ0) is 19.3. The van der Waals surface area contributed by atoms with Gasteiger partial charge in [0.05, 0.1) is 23.4 Å². The molecule has 2 heterocycles. The summed E-state index contributed by atoms with van der Waals surface area (Å²) >= 11 is 0. The summed E-state index contributed by atoms with van der Waals surface area (Å²) in [7, 11) is 0. The first-order valence-corrected chi connectivity index (χ1v) is 10.2. The van der Waals surface area contributed by atoms with Crippen molar-refractivity contribution in [2.75, 3.05) is 13.1 Å². The Morgan fingerprint density at radius 1 is 1.17 bits per heavy atom. The molecule has 0 saturated carbocycles. The van der Waals surface area contributed by atoms with Crippen LogP contribution in [0, 0.1) is 11.8 Å². The lowest BCUT2D eigenvalue weighted by Gasteiger charge is -2.28. The summed E-state index contributed by atoms with van der Waals surface area (Å²) in [4.78, 5) is 20.4. The molecule has 1 saturated heterocycles. The van der Waals surface area contributed by atoms with Crippen LogP contribution in [0.5, 0.6) is 0 Å². The highest BCUT2D eigenvalue weighted by Crippen LogP contribution is 2.26. The fourth-order valence-electron chi connectivity index (χ4n) is 4.18. The van der Waals surface area contributed by atoms with Crippen molar-refractivity contribution >= 4 is 41.8 Å². The number of imidazole rings is 1. The van der Waals surface area contributed by atoms with Crippen LogP contribution in [0.25, 0.3) is 11.0 Å². The van der Waals surface area contributed by atoms with Crippen molar-refractivity contribution < 1.29 is 4.79 Å². The number of nitrogens with one attached hydrogen (secondary N) is 3. The number of carbonyl (C=O) groups excluding carboxylic acids is 1. The van der Waals surface area contributed by atoms with Crippen LogP contribution in [0.1, 0.15) is 43.4 Å². The maximum atomic E-state index is 12.9. The van der Waals surface area contributed by atoms with Crippen LogP contribution >= 0.6 is 24.8 Å². The van der Waals surface area contributed by atoms with E-state index in [1.54, 1.807) is 6.33 Å². The molecule has 30 heavy (non-hydrogen) atoms. The summed E-state index contributed by atoms with van der Waals surface area (Å²) in [5.74, 6) is 1.06. The average Bonchev–Trinajstić information content (AvgIpc) is 3.21. The first kappa shape index (κ1) is 24.2. The summed E-state index contributed by atoms with van der Waals surface area (Å²) < 4.78 is 0. The second-order valence-electron chi connectivity index (χ2n) is 7.88. The van der Waals surface area contributed by atoms with Gasteiger partial charge in [-0.3, -0.25) is 4.79 Å². The highest BCUT2D eigenvalue weighted by atomic mass is 35.5. The van der Waals surface area contributed by atoms with E-state index in [1.165, 1.54) is 12.8 Å². The standard InChI is InChI=1S/C23H28N4O.2ClH/c1-16(19-8-5-11-24-14-19)12-22(28)27-23(17-6-3-2-4-7-17)18-9-10-20-21(13-18)26-15-25-20;;/h2-4,6-7,9-10,13,15-16,19,23-24H,5,8,11-12,14H2,1H3,(H,25,26)(H,27,28);2*1H. The average molecular weight is 449 g/mol. The number of hydrogen-bond acceptors (Lipinski definition) is 3. The fourth-order valence-corrected chi connectivity index (χ4v) is 4.18. The smallest absolute Gasteiger partial charge is 0.221 e. The molecule has 1 aliphatic heterocycles. The molecule has 3 unspecified atom stereocenters. The van der Waals surface area contributed by atoms with Crippen LogP contribution in [0.2, 0.25) is 0 Å². The molecule has 0 bridgehead atoms. The number of benzene rings is 2. The Kier molecular flexibility index (Phi) is 9.15. The molecule has 3 aromatic rings. The van der Waals surface area contributed by atoms with Gasteiger partial charge in [-0.05, 0) is 61.0 Å². The molecule has 0 spiro atoms. The Morgan fingerprint density at radius 3 is 2.70 bits per heavy atom. The zero-order valence-electron chi connectivity index (χ0n) is 17.1.